The highest BCUT2D eigenvalue weighted by Crippen LogP contribution is 2.27. The molecule has 6 heteroatoms. The zero-order valence-corrected chi connectivity index (χ0v) is 10.2. The summed E-state index contributed by atoms with van der Waals surface area (Å²) in [5.74, 6) is -1.88. The van der Waals surface area contributed by atoms with Crippen LogP contribution < -0.4 is 0 Å². The summed E-state index contributed by atoms with van der Waals surface area (Å²) in [6.45, 7) is 3.96. The Morgan fingerprint density at radius 2 is 2.06 bits per heavy atom. The quantitative estimate of drug-likeness (QED) is 0.746. The summed E-state index contributed by atoms with van der Waals surface area (Å²) in [5.41, 5.74) is 0. The van der Waals surface area contributed by atoms with Crippen LogP contribution in [0.25, 0.3) is 0 Å². The van der Waals surface area contributed by atoms with Gasteiger partial charge in [-0.3, -0.25) is 4.90 Å². The highest BCUT2D eigenvalue weighted by molar-refractivity contribution is 4.92. The zero-order chi connectivity index (χ0) is 13.1. The molecule has 1 rings (SSSR count). The van der Waals surface area contributed by atoms with E-state index in [0.29, 0.717) is 6.54 Å². The molecule has 0 bridgehead atoms. The number of nitriles is 1. The van der Waals surface area contributed by atoms with Crippen molar-refractivity contribution in [2.45, 2.75) is 25.6 Å². The second kappa shape index (κ2) is 5.69. The van der Waals surface area contributed by atoms with Crippen molar-refractivity contribution < 1.29 is 13.2 Å². The summed E-state index contributed by atoms with van der Waals surface area (Å²) in [5, 5.41) is 8.59. The lowest BCUT2D eigenvalue weighted by Crippen LogP contribution is -2.43. The third kappa shape index (κ3) is 4.17. The molecule has 98 valence electrons. The molecular weight excluding hydrogens is 231 g/mol. The van der Waals surface area contributed by atoms with Crippen molar-refractivity contribution in [2.24, 2.45) is 5.92 Å². The highest BCUT2D eigenvalue weighted by atomic mass is 19.4. The van der Waals surface area contributed by atoms with E-state index in [1.54, 1.807) is 4.90 Å². The minimum absolute atomic E-state index is 0.0562. The largest absolute Gasteiger partial charge is 0.405 e. The van der Waals surface area contributed by atoms with E-state index in [2.05, 4.69) is 4.90 Å². The van der Waals surface area contributed by atoms with E-state index in [1.165, 1.54) is 6.07 Å². The Morgan fingerprint density at radius 1 is 1.41 bits per heavy atom. The van der Waals surface area contributed by atoms with Crippen molar-refractivity contribution in [3.8, 4) is 6.07 Å². The number of hydrogen-bond acceptors (Lipinski definition) is 3. The van der Waals surface area contributed by atoms with Crippen molar-refractivity contribution in [1.29, 1.82) is 5.26 Å². The van der Waals surface area contributed by atoms with Crippen molar-refractivity contribution >= 4 is 0 Å². The van der Waals surface area contributed by atoms with Crippen molar-refractivity contribution in [1.82, 2.24) is 9.80 Å². The minimum atomic E-state index is -4.42. The molecule has 0 radical (unpaired) electrons. The first-order valence-electron chi connectivity index (χ1n) is 5.73. The van der Waals surface area contributed by atoms with Crippen LogP contribution in [0.15, 0.2) is 0 Å². The molecule has 17 heavy (non-hydrogen) atoms. The SMILES string of the molecule is CC1CN(C)CCCN1CC(C#N)C(F)(F)F. The summed E-state index contributed by atoms with van der Waals surface area (Å²) >= 11 is 0. The third-order valence-corrected chi connectivity index (χ3v) is 3.15. The minimum Gasteiger partial charge on any atom is -0.305 e. The van der Waals surface area contributed by atoms with Crippen LogP contribution in [0.4, 0.5) is 13.2 Å². The van der Waals surface area contributed by atoms with Gasteiger partial charge in [0.15, 0.2) is 5.92 Å². The van der Waals surface area contributed by atoms with Crippen LogP contribution in [0.2, 0.25) is 0 Å². The molecule has 0 aliphatic carbocycles. The van der Waals surface area contributed by atoms with Gasteiger partial charge in [-0.15, -0.1) is 0 Å². The van der Waals surface area contributed by atoms with Gasteiger partial charge in [0.05, 0.1) is 6.07 Å². The lowest BCUT2D eigenvalue weighted by molar-refractivity contribution is -0.164. The fourth-order valence-electron chi connectivity index (χ4n) is 2.15. The molecule has 0 spiro atoms. The van der Waals surface area contributed by atoms with Gasteiger partial charge >= 0.3 is 6.18 Å². The molecule has 1 saturated heterocycles. The topological polar surface area (TPSA) is 30.3 Å². The van der Waals surface area contributed by atoms with E-state index in [1.807, 2.05) is 14.0 Å². The van der Waals surface area contributed by atoms with Crippen LogP contribution in [-0.2, 0) is 0 Å². The second-order valence-electron chi connectivity index (χ2n) is 4.68. The Hall–Kier alpha value is -0.800. The Kier molecular flexibility index (Phi) is 4.78. The van der Waals surface area contributed by atoms with Gasteiger partial charge in [0.1, 0.15) is 0 Å². The number of likely N-dealkylation sites (N-methyl/N-ethyl adjacent to an activating group) is 1. The number of rotatable bonds is 2. The number of hydrogen-bond donors (Lipinski definition) is 0. The van der Waals surface area contributed by atoms with Crippen molar-refractivity contribution in [2.75, 3.05) is 33.2 Å². The Balaban J connectivity index is 2.63. The Morgan fingerprint density at radius 3 is 2.59 bits per heavy atom. The van der Waals surface area contributed by atoms with E-state index < -0.39 is 12.1 Å². The Labute approximate surface area is 99.8 Å². The summed E-state index contributed by atoms with van der Waals surface area (Å²) in [6, 6.07) is 1.42. The van der Waals surface area contributed by atoms with E-state index in [-0.39, 0.29) is 12.6 Å². The molecule has 0 amide bonds. The molecule has 3 nitrogen and oxygen atoms in total. The first-order valence-corrected chi connectivity index (χ1v) is 5.73. The summed E-state index contributed by atoms with van der Waals surface area (Å²) in [4.78, 5) is 3.88. The average Bonchev–Trinajstić information content (AvgIpc) is 2.34. The van der Waals surface area contributed by atoms with Gasteiger partial charge in [-0.2, -0.15) is 18.4 Å². The predicted octanol–water partition coefficient (Wildman–Crippen LogP) is 1.71. The van der Waals surface area contributed by atoms with Crippen LogP contribution in [0.5, 0.6) is 0 Å². The van der Waals surface area contributed by atoms with Gasteiger partial charge in [0, 0.05) is 19.1 Å². The maximum atomic E-state index is 12.5. The summed E-state index contributed by atoms with van der Waals surface area (Å²) in [6.07, 6.45) is -3.58. The summed E-state index contributed by atoms with van der Waals surface area (Å²) in [7, 11) is 1.96. The highest BCUT2D eigenvalue weighted by Gasteiger charge is 2.41. The van der Waals surface area contributed by atoms with Gasteiger partial charge < -0.3 is 4.90 Å². The number of alkyl halides is 3. The first-order chi connectivity index (χ1) is 7.84. The molecule has 1 aliphatic heterocycles. The monoisotopic (exact) mass is 249 g/mol. The second-order valence-corrected chi connectivity index (χ2v) is 4.68. The maximum Gasteiger partial charge on any atom is 0.405 e. The van der Waals surface area contributed by atoms with Crippen LogP contribution in [0, 0.1) is 17.2 Å². The summed E-state index contributed by atoms with van der Waals surface area (Å²) < 4.78 is 37.6. The van der Waals surface area contributed by atoms with Gasteiger partial charge in [0.25, 0.3) is 0 Å². The maximum absolute atomic E-state index is 12.5. The lowest BCUT2D eigenvalue weighted by Gasteiger charge is -2.29. The molecule has 0 aromatic rings. The predicted molar refractivity (Wildman–Crippen MR) is 58.3 cm³/mol. The fourth-order valence-corrected chi connectivity index (χ4v) is 2.15. The standard InChI is InChI=1S/C11H18F3N3/c1-9-7-16(2)4-3-5-17(9)8-10(6-15)11(12,13)14/h9-10H,3-5,7-8H2,1-2H3. The molecule has 0 aromatic heterocycles. The van der Waals surface area contributed by atoms with Crippen LogP contribution in [0.1, 0.15) is 13.3 Å². The smallest absolute Gasteiger partial charge is 0.305 e. The normalized spacial score (nSPS) is 26.2. The van der Waals surface area contributed by atoms with E-state index >= 15 is 0 Å². The molecule has 0 saturated carbocycles. The van der Waals surface area contributed by atoms with Crippen LogP contribution in [0.3, 0.4) is 0 Å². The molecule has 2 atom stereocenters. The van der Waals surface area contributed by atoms with Gasteiger partial charge in [-0.25, -0.2) is 0 Å². The number of nitrogens with zero attached hydrogens (tertiary/aromatic N) is 3. The average molecular weight is 249 g/mol. The van der Waals surface area contributed by atoms with Crippen LogP contribution in [-0.4, -0.2) is 55.2 Å². The molecule has 0 N–H and O–H groups in total. The van der Waals surface area contributed by atoms with Crippen molar-refractivity contribution in [3.63, 3.8) is 0 Å². The van der Waals surface area contributed by atoms with E-state index in [4.69, 9.17) is 5.26 Å². The molecule has 1 fully saturated rings. The molecular formula is C11H18F3N3. The first kappa shape index (κ1) is 14.3. The van der Waals surface area contributed by atoms with E-state index in [0.717, 1.165) is 19.5 Å². The third-order valence-electron chi connectivity index (χ3n) is 3.15. The van der Waals surface area contributed by atoms with E-state index in [9.17, 15) is 13.2 Å². The van der Waals surface area contributed by atoms with Gasteiger partial charge in [-0.1, -0.05) is 0 Å². The Bertz CT molecular complexity index is 285. The molecule has 0 aromatic carbocycles. The van der Waals surface area contributed by atoms with Gasteiger partial charge in [-0.05, 0) is 33.5 Å². The molecule has 1 aliphatic rings. The van der Waals surface area contributed by atoms with Crippen molar-refractivity contribution in [3.05, 3.63) is 0 Å². The number of halogens is 3. The molecule has 2 unspecified atom stereocenters. The van der Waals surface area contributed by atoms with Crippen LogP contribution >= 0.6 is 0 Å². The lowest BCUT2D eigenvalue weighted by atomic mass is 10.1. The fraction of sp³-hybridized carbons (Fsp3) is 0.909. The van der Waals surface area contributed by atoms with Gasteiger partial charge in [0.2, 0.25) is 0 Å². The molecule has 1 heterocycles. The zero-order valence-electron chi connectivity index (χ0n) is 10.2.